The maximum atomic E-state index is 8.55. The van der Waals surface area contributed by atoms with Crippen molar-refractivity contribution < 1.29 is 133 Å². The summed E-state index contributed by atoms with van der Waals surface area (Å²) in [6.45, 7) is 28.3. The summed E-state index contributed by atoms with van der Waals surface area (Å²) in [5.41, 5.74) is 0. The minimum atomic E-state index is -5.39. The second kappa shape index (κ2) is 61.7. The van der Waals surface area contributed by atoms with E-state index in [4.69, 9.17) is 77.0 Å². The van der Waals surface area contributed by atoms with Gasteiger partial charge < -0.3 is 77.0 Å². The number of unbranched alkanes of at least 4 members (excludes halogenated alkanes) is 6. The second-order valence-electron chi connectivity index (χ2n) is 17.9. The van der Waals surface area contributed by atoms with Gasteiger partial charge in [-0.25, -0.2) is 0 Å². The van der Waals surface area contributed by atoms with E-state index in [1.807, 2.05) is 0 Å². The van der Waals surface area contributed by atoms with Crippen LogP contribution < -0.4 is 58.7 Å². The molecule has 0 aromatic carbocycles. The van der Waals surface area contributed by atoms with E-state index in [9.17, 15) is 0 Å². The van der Waals surface area contributed by atoms with Gasteiger partial charge in [-0.15, -0.1) is 0 Å². The predicted octanol–water partition coefficient (Wildman–Crippen LogP) is 7.72. The van der Waals surface area contributed by atoms with Crippen LogP contribution >= 0.6 is 31.3 Å². The monoisotopic (exact) mass is 1350 g/mol. The summed E-state index contributed by atoms with van der Waals surface area (Å²) >= 11 is 0.953. The third-order valence-corrected chi connectivity index (χ3v) is 21.8. The molecule has 71 heavy (non-hydrogen) atoms. The molecule has 6 atom stereocenters. The second-order valence-corrected chi connectivity index (χ2v) is 29.4. The van der Waals surface area contributed by atoms with Crippen molar-refractivity contribution in [3.8, 4) is 0 Å². The van der Waals surface area contributed by atoms with Gasteiger partial charge in [0, 0.05) is 0 Å². The van der Waals surface area contributed by atoms with E-state index >= 15 is 0 Å². The summed E-state index contributed by atoms with van der Waals surface area (Å²) in [6, 6.07) is 0. The molecule has 23 heteroatoms. The molecule has 0 aliphatic rings. The van der Waals surface area contributed by atoms with Gasteiger partial charge in [0.15, 0.2) is 0 Å². The maximum Gasteiger partial charge on any atom is -0.159 e. The zero-order valence-corrected chi connectivity index (χ0v) is 55.8. The Bertz CT molecular complexity index is 986. The van der Waals surface area contributed by atoms with Crippen molar-refractivity contribution in [1.29, 1.82) is 0 Å². The standard InChI is InChI=1S/6C8H17.3Mo.4H3O4P/c6*1-4-6-7-8(3)5-2;;;;4*1-5(2,3)4/h6*8H,3-7H2,1-2H3;;;;4*(H3,1,2,3,4)/q;;;;;;3*+4;;;;/p-12. The van der Waals surface area contributed by atoms with Crippen LogP contribution in [0.4, 0.5) is 0 Å². The van der Waals surface area contributed by atoms with Gasteiger partial charge in [-0.1, -0.05) is 0 Å². The summed E-state index contributed by atoms with van der Waals surface area (Å²) in [5.74, 6) is 6.42. The number of phosphoric acid groups is 4. The molecular formula is C48H102Mo3O16P4. The van der Waals surface area contributed by atoms with Crippen LogP contribution in [0.2, 0.25) is 28.9 Å². The SMILES string of the molecule is CCCCC(CC)[CH2][Mo+4][CH2]C(CC)CCCC.CCCCC(CC)[CH2][Mo+4][CH2]C(CC)CCCC.CCCCC(CC)[CH2][Mo+4][CH2]C(CC)CCCC.O=P([O-])([O-])[O-].O=P([O-])([O-])[O-].O=P([O-])([O-])[O-].O=P([O-])([O-])[O-]. The van der Waals surface area contributed by atoms with Gasteiger partial charge in [0.25, 0.3) is 0 Å². The Labute approximate surface area is 462 Å². The molecule has 6 unspecified atom stereocenters. The van der Waals surface area contributed by atoms with Crippen LogP contribution in [-0.4, -0.2) is 0 Å². The Morgan fingerprint density at radius 2 is 0.352 bits per heavy atom. The molecule has 0 aromatic heterocycles. The minimum absolute atomic E-state index is 0.318. The molecule has 0 aliphatic heterocycles. The van der Waals surface area contributed by atoms with Crippen LogP contribution in [0, 0.1) is 35.5 Å². The van der Waals surface area contributed by atoms with Crippen molar-refractivity contribution in [2.45, 2.75) is 266 Å². The van der Waals surface area contributed by atoms with Gasteiger partial charge in [0.2, 0.25) is 0 Å². The van der Waals surface area contributed by atoms with Gasteiger partial charge in [0.1, 0.15) is 0 Å². The molecule has 428 valence electrons. The van der Waals surface area contributed by atoms with E-state index in [1.54, 1.807) is 28.9 Å². The van der Waals surface area contributed by atoms with Crippen molar-refractivity contribution in [2.75, 3.05) is 0 Å². The largest absolute Gasteiger partial charge is 0.822 e. The van der Waals surface area contributed by atoms with Gasteiger partial charge in [-0.3, -0.25) is 0 Å². The van der Waals surface area contributed by atoms with Crippen molar-refractivity contribution in [3.05, 3.63) is 0 Å². The van der Waals surface area contributed by atoms with Gasteiger partial charge in [0.05, 0.1) is 0 Å². The van der Waals surface area contributed by atoms with E-state index in [0.717, 1.165) is 35.5 Å². The van der Waals surface area contributed by atoms with Crippen LogP contribution in [0.3, 0.4) is 0 Å². The van der Waals surface area contributed by atoms with E-state index in [1.165, 1.54) is 154 Å². The molecule has 0 amide bonds. The molecular weight excluding hydrogens is 1240 g/mol. The number of hydrogen-bond donors (Lipinski definition) is 0. The molecule has 0 radical (unpaired) electrons. The third-order valence-electron chi connectivity index (χ3n) is 11.4. The molecule has 0 aromatic rings. The van der Waals surface area contributed by atoms with Crippen LogP contribution in [0.5, 0.6) is 0 Å². The fraction of sp³-hybridized carbons (Fsp3) is 1.00. The van der Waals surface area contributed by atoms with E-state index in [-0.39, 0.29) is 0 Å². The molecule has 0 N–H and O–H groups in total. The van der Waals surface area contributed by atoms with Crippen molar-refractivity contribution in [1.82, 2.24) is 0 Å². The van der Waals surface area contributed by atoms with Crippen molar-refractivity contribution >= 4 is 31.3 Å². The van der Waals surface area contributed by atoms with E-state index in [0.29, 0.717) is 55.7 Å². The Morgan fingerprint density at radius 3 is 0.423 bits per heavy atom. The Kier molecular flexibility index (Phi) is 75.9. The van der Waals surface area contributed by atoms with Crippen LogP contribution in [0.15, 0.2) is 0 Å². The first-order valence-electron chi connectivity index (χ1n) is 26.5. The molecule has 0 fully saturated rings. The smallest absolute Gasteiger partial charge is 0.159 e. The van der Waals surface area contributed by atoms with Crippen LogP contribution in [-0.2, 0) is 73.9 Å². The number of hydrogen-bond acceptors (Lipinski definition) is 16. The molecule has 0 saturated carbocycles. The van der Waals surface area contributed by atoms with Gasteiger partial charge >= 0.3 is 357 Å². The summed E-state index contributed by atoms with van der Waals surface area (Å²) < 4.78 is 34.2. The van der Waals surface area contributed by atoms with Gasteiger partial charge in [-0.05, 0) is 0 Å². The molecule has 0 heterocycles. The molecule has 0 saturated heterocycles. The number of rotatable bonds is 36. The average Bonchev–Trinajstić information content (AvgIpc) is 3.25. The van der Waals surface area contributed by atoms with Gasteiger partial charge in [-0.2, -0.15) is 31.3 Å². The Morgan fingerprint density at radius 1 is 0.254 bits per heavy atom. The first-order chi connectivity index (χ1) is 32.8. The molecule has 0 rings (SSSR count). The summed E-state index contributed by atoms with van der Waals surface area (Å²) in [6.07, 6.45) is 34.6. The predicted molar refractivity (Wildman–Crippen MR) is 259 cm³/mol. The third kappa shape index (κ3) is 113. The van der Waals surface area contributed by atoms with Crippen molar-refractivity contribution in [3.63, 3.8) is 0 Å². The van der Waals surface area contributed by atoms with Crippen molar-refractivity contribution in [2.24, 2.45) is 35.5 Å². The fourth-order valence-corrected chi connectivity index (χ4v) is 18.4. The Balaban J connectivity index is -0.000000145. The minimum Gasteiger partial charge on any atom is -0.822 e. The molecule has 16 nitrogen and oxygen atoms in total. The first-order valence-corrected chi connectivity index (χ1v) is 40.8. The Hall–Kier alpha value is 2.50. The molecule has 0 bridgehead atoms. The summed E-state index contributed by atoms with van der Waals surface area (Å²) in [7, 11) is -21.6. The normalized spacial score (nSPS) is 13.6. The van der Waals surface area contributed by atoms with E-state index in [2.05, 4.69) is 83.1 Å². The summed E-state index contributed by atoms with van der Waals surface area (Å²) in [5, 5.41) is 0. The molecule has 0 aliphatic carbocycles. The zero-order chi connectivity index (χ0) is 56.8. The fourth-order valence-electron chi connectivity index (χ4n) is 6.59. The first kappa shape index (κ1) is 87.4. The quantitative estimate of drug-likeness (QED) is 0.0428. The average molecular weight is 1350 g/mol. The maximum absolute atomic E-state index is 8.55. The topological polar surface area (TPSA) is 345 Å². The molecule has 0 spiro atoms. The zero-order valence-electron chi connectivity index (χ0n) is 46.2. The van der Waals surface area contributed by atoms with Crippen LogP contribution in [0.1, 0.15) is 237 Å². The summed E-state index contributed by atoms with van der Waals surface area (Å²) in [4.78, 5) is 112. The van der Waals surface area contributed by atoms with E-state index < -0.39 is 31.3 Å². The van der Waals surface area contributed by atoms with Crippen LogP contribution in [0.25, 0.3) is 0 Å².